The highest BCUT2D eigenvalue weighted by atomic mass is 16.5. The third-order valence-electron chi connectivity index (χ3n) is 6.29. The van der Waals surface area contributed by atoms with Crippen molar-refractivity contribution in [1.82, 2.24) is 0 Å². The van der Waals surface area contributed by atoms with Crippen LogP contribution in [0, 0.1) is 0 Å². The van der Waals surface area contributed by atoms with E-state index in [1.807, 2.05) is 49.2 Å². The van der Waals surface area contributed by atoms with Gasteiger partial charge in [-0.1, -0.05) is 36.4 Å². The predicted molar refractivity (Wildman–Crippen MR) is 134 cm³/mol. The molecule has 1 N–H and O–H groups in total. The number of Topliss-reactive ketones (excluding diaryl/α,β-unsaturated/α-hetero) is 1. The summed E-state index contributed by atoms with van der Waals surface area (Å²) in [6, 6.07) is 20.8. The molecular weight excluding hydrogens is 444 g/mol. The van der Waals surface area contributed by atoms with Crippen LogP contribution in [0.25, 0.3) is 5.76 Å². The van der Waals surface area contributed by atoms with Gasteiger partial charge >= 0.3 is 0 Å². The molecule has 3 aromatic carbocycles. The van der Waals surface area contributed by atoms with Gasteiger partial charge in [0.05, 0.1) is 30.5 Å². The number of ketones is 1. The first-order valence-corrected chi connectivity index (χ1v) is 11.6. The second-order valence-corrected chi connectivity index (χ2v) is 8.46. The molecule has 35 heavy (non-hydrogen) atoms. The zero-order valence-electron chi connectivity index (χ0n) is 19.6. The van der Waals surface area contributed by atoms with Gasteiger partial charge in [0.1, 0.15) is 23.9 Å². The summed E-state index contributed by atoms with van der Waals surface area (Å²) < 4.78 is 11.3. The van der Waals surface area contributed by atoms with Crippen LogP contribution < -0.4 is 19.3 Å². The minimum atomic E-state index is -0.793. The number of likely N-dealkylation sites (N-methyl/N-ethyl adjacent to an activating group) is 1. The van der Waals surface area contributed by atoms with Crippen LogP contribution in [0.3, 0.4) is 0 Å². The molecule has 1 unspecified atom stereocenters. The molecule has 7 heteroatoms. The van der Waals surface area contributed by atoms with Crippen LogP contribution in [-0.4, -0.2) is 43.6 Å². The van der Waals surface area contributed by atoms with Crippen LogP contribution in [0.1, 0.15) is 24.1 Å². The Morgan fingerprint density at radius 1 is 1.06 bits per heavy atom. The lowest BCUT2D eigenvalue weighted by atomic mass is 9.95. The zero-order valence-corrected chi connectivity index (χ0v) is 19.6. The highest BCUT2D eigenvalue weighted by Crippen LogP contribution is 2.43. The van der Waals surface area contributed by atoms with Crippen molar-refractivity contribution in [2.75, 3.05) is 36.6 Å². The highest BCUT2D eigenvalue weighted by molar-refractivity contribution is 6.51. The average Bonchev–Trinajstić information content (AvgIpc) is 3.15. The van der Waals surface area contributed by atoms with E-state index in [1.54, 1.807) is 42.5 Å². The van der Waals surface area contributed by atoms with Crippen molar-refractivity contribution in [3.8, 4) is 11.5 Å². The normalized spacial score (nSPS) is 18.9. The number of anilines is 2. The van der Waals surface area contributed by atoms with Gasteiger partial charge in [0.15, 0.2) is 0 Å². The van der Waals surface area contributed by atoms with E-state index in [2.05, 4.69) is 0 Å². The van der Waals surface area contributed by atoms with Gasteiger partial charge in [0.2, 0.25) is 0 Å². The quantitative estimate of drug-likeness (QED) is 0.335. The van der Waals surface area contributed by atoms with Crippen molar-refractivity contribution in [3.63, 3.8) is 0 Å². The largest absolute Gasteiger partial charge is 0.507 e. The van der Waals surface area contributed by atoms with E-state index in [9.17, 15) is 14.7 Å². The van der Waals surface area contributed by atoms with E-state index in [0.29, 0.717) is 48.1 Å². The van der Waals surface area contributed by atoms with Crippen molar-refractivity contribution in [3.05, 3.63) is 89.5 Å². The lowest BCUT2D eigenvalue weighted by Gasteiger charge is -2.28. The molecule has 0 aromatic heterocycles. The number of carbonyl (C=O) groups is 2. The minimum absolute atomic E-state index is 0.0438. The van der Waals surface area contributed by atoms with E-state index in [1.165, 1.54) is 4.90 Å². The van der Waals surface area contributed by atoms with Crippen molar-refractivity contribution < 1.29 is 24.2 Å². The van der Waals surface area contributed by atoms with Gasteiger partial charge in [0, 0.05) is 24.4 Å². The van der Waals surface area contributed by atoms with Gasteiger partial charge in [-0.25, -0.2) is 0 Å². The molecule has 0 radical (unpaired) electrons. The summed E-state index contributed by atoms with van der Waals surface area (Å²) in [5, 5.41) is 11.4. The molecule has 0 saturated carbocycles. The SMILES string of the molecule is CCOc1cccc(N2C(=O)C(=O)/C(=C(\O)c3ccc4c(c3)N(C)CCO4)C2c2ccccc2)c1. The third kappa shape index (κ3) is 3.99. The Hall–Kier alpha value is -4.26. The van der Waals surface area contributed by atoms with E-state index < -0.39 is 17.7 Å². The van der Waals surface area contributed by atoms with Crippen molar-refractivity contribution in [2.24, 2.45) is 0 Å². The maximum absolute atomic E-state index is 13.4. The van der Waals surface area contributed by atoms with Gasteiger partial charge in [-0.3, -0.25) is 14.5 Å². The number of aliphatic hydroxyl groups excluding tert-OH is 1. The van der Waals surface area contributed by atoms with Crippen LogP contribution in [0.5, 0.6) is 11.5 Å². The summed E-state index contributed by atoms with van der Waals surface area (Å²) >= 11 is 0. The molecule has 5 rings (SSSR count). The molecular formula is C28H26N2O5. The first-order chi connectivity index (χ1) is 17.0. The highest BCUT2D eigenvalue weighted by Gasteiger charge is 2.47. The molecule has 1 fully saturated rings. The summed E-state index contributed by atoms with van der Waals surface area (Å²) in [6.45, 7) is 3.64. The molecule has 1 atom stereocenters. The van der Waals surface area contributed by atoms with Crippen LogP contribution >= 0.6 is 0 Å². The number of nitrogens with zero attached hydrogens (tertiary/aromatic N) is 2. The molecule has 178 valence electrons. The Morgan fingerprint density at radius 3 is 2.63 bits per heavy atom. The number of amides is 1. The smallest absolute Gasteiger partial charge is 0.300 e. The van der Waals surface area contributed by atoms with Crippen LogP contribution in [0.4, 0.5) is 11.4 Å². The number of hydrogen-bond acceptors (Lipinski definition) is 6. The third-order valence-corrected chi connectivity index (χ3v) is 6.29. The second-order valence-electron chi connectivity index (χ2n) is 8.46. The Morgan fingerprint density at radius 2 is 1.86 bits per heavy atom. The van der Waals surface area contributed by atoms with Crippen LogP contribution in [-0.2, 0) is 9.59 Å². The lowest BCUT2D eigenvalue weighted by molar-refractivity contribution is -0.132. The molecule has 0 bridgehead atoms. The number of aliphatic hydroxyl groups is 1. The maximum Gasteiger partial charge on any atom is 0.300 e. The van der Waals surface area contributed by atoms with Crippen LogP contribution in [0.2, 0.25) is 0 Å². The summed E-state index contributed by atoms with van der Waals surface area (Å²) in [5.41, 5.74) is 2.54. The second kappa shape index (κ2) is 9.18. The van der Waals surface area contributed by atoms with Crippen molar-refractivity contribution in [1.29, 1.82) is 0 Å². The van der Waals surface area contributed by atoms with Gasteiger partial charge in [-0.05, 0) is 42.8 Å². The van der Waals surface area contributed by atoms with Crippen LogP contribution in [0.15, 0.2) is 78.4 Å². The summed E-state index contributed by atoms with van der Waals surface area (Å²) in [6.07, 6.45) is 0. The first kappa shape index (κ1) is 22.5. The fourth-order valence-corrected chi connectivity index (χ4v) is 4.59. The van der Waals surface area contributed by atoms with E-state index in [0.717, 1.165) is 5.69 Å². The number of hydrogen-bond donors (Lipinski definition) is 1. The topological polar surface area (TPSA) is 79.3 Å². The van der Waals surface area contributed by atoms with Gasteiger partial charge in [-0.15, -0.1) is 0 Å². The fraction of sp³-hybridized carbons (Fsp3) is 0.214. The molecule has 2 aliphatic rings. The first-order valence-electron chi connectivity index (χ1n) is 11.6. The van der Waals surface area contributed by atoms with Crippen molar-refractivity contribution >= 4 is 28.8 Å². The predicted octanol–water partition coefficient (Wildman–Crippen LogP) is 4.54. The molecule has 1 saturated heterocycles. The number of carbonyl (C=O) groups excluding carboxylic acids is 2. The van der Waals surface area contributed by atoms with E-state index in [4.69, 9.17) is 9.47 Å². The molecule has 0 aliphatic carbocycles. The molecule has 2 aliphatic heterocycles. The number of fused-ring (bicyclic) bond motifs is 1. The maximum atomic E-state index is 13.4. The fourth-order valence-electron chi connectivity index (χ4n) is 4.59. The molecule has 1 amide bonds. The molecule has 0 spiro atoms. The average molecular weight is 471 g/mol. The van der Waals surface area contributed by atoms with Gasteiger partial charge in [-0.2, -0.15) is 0 Å². The molecule has 7 nitrogen and oxygen atoms in total. The molecule has 3 aromatic rings. The Labute approximate surface area is 203 Å². The summed E-state index contributed by atoms with van der Waals surface area (Å²) in [7, 11) is 1.94. The Kier molecular flexibility index (Phi) is 5.91. The number of benzene rings is 3. The number of rotatable bonds is 5. The molecule has 2 heterocycles. The lowest BCUT2D eigenvalue weighted by Crippen LogP contribution is -2.29. The minimum Gasteiger partial charge on any atom is -0.507 e. The Balaban J connectivity index is 1.67. The van der Waals surface area contributed by atoms with Gasteiger partial charge < -0.3 is 19.5 Å². The Bertz CT molecular complexity index is 1320. The zero-order chi connectivity index (χ0) is 24.5. The standard InChI is InChI=1S/C28H26N2O5/c1-3-34-21-11-7-10-20(17-21)30-25(18-8-5-4-6-9-18)24(27(32)28(30)33)26(31)19-12-13-23-22(16-19)29(2)14-15-35-23/h4-13,16-17,25,31H,3,14-15H2,1-2H3/b26-24-. The summed E-state index contributed by atoms with van der Waals surface area (Å²) in [5.74, 6) is -0.352. The summed E-state index contributed by atoms with van der Waals surface area (Å²) in [4.78, 5) is 30.2. The number of ether oxygens (including phenoxy) is 2. The monoisotopic (exact) mass is 470 g/mol. The van der Waals surface area contributed by atoms with Crippen molar-refractivity contribution in [2.45, 2.75) is 13.0 Å². The van der Waals surface area contributed by atoms with E-state index in [-0.39, 0.29) is 11.3 Å². The van der Waals surface area contributed by atoms with E-state index >= 15 is 0 Å². The van der Waals surface area contributed by atoms with Gasteiger partial charge in [0.25, 0.3) is 11.7 Å².